The van der Waals surface area contributed by atoms with Crippen LogP contribution in [0.15, 0.2) is 41.4 Å². The number of rotatable bonds is 5. The Kier molecular flexibility index (Phi) is 5.36. The summed E-state index contributed by atoms with van der Waals surface area (Å²) in [6, 6.07) is 8.66. The number of hydrogen-bond donors (Lipinski definition) is 1. The zero-order valence-corrected chi connectivity index (χ0v) is 16.2. The summed E-state index contributed by atoms with van der Waals surface area (Å²) >= 11 is 0. The fourth-order valence-electron chi connectivity index (χ4n) is 3.24. The van der Waals surface area contributed by atoms with Gasteiger partial charge in [-0.3, -0.25) is 4.72 Å². The van der Waals surface area contributed by atoms with Gasteiger partial charge >= 0.3 is 0 Å². The van der Waals surface area contributed by atoms with E-state index in [1.807, 2.05) is 19.1 Å². The highest BCUT2D eigenvalue weighted by Gasteiger charge is 2.21. The van der Waals surface area contributed by atoms with Crippen LogP contribution in [0.3, 0.4) is 0 Å². The second-order valence-corrected chi connectivity index (χ2v) is 8.51. The fraction of sp³-hybridized carbons (Fsp3) is 0.421. The second kappa shape index (κ2) is 7.53. The maximum absolute atomic E-state index is 12.7. The summed E-state index contributed by atoms with van der Waals surface area (Å²) < 4.78 is 33.2. The normalized spacial score (nSPS) is 17.8. The summed E-state index contributed by atoms with van der Waals surface area (Å²) in [6.07, 6.45) is 4.15. The van der Waals surface area contributed by atoms with E-state index in [9.17, 15) is 8.42 Å². The van der Waals surface area contributed by atoms with Crippen molar-refractivity contribution in [3.63, 3.8) is 0 Å². The van der Waals surface area contributed by atoms with Crippen molar-refractivity contribution in [2.75, 3.05) is 29.8 Å². The molecule has 1 saturated heterocycles. The van der Waals surface area contributed by atoms with Crippen LogP contribution in [0.2, 0.25) is 0 Å². The van der Waals surface area contributed by atoms with Crippen LogP contribution in [-0.4, -0.2) is 33.6 Å². The number of aryl methyl sites for hydroxylation is 1. The van der Waals surface area contributed by atoms with Gasteiger partial charge in [0, 0.05) is 13.1 Å². The third-order valence-electron chi connectivity index (χ3n) is 4.62. The Morgan fingerprint density at radius 2 is 2.08 bits per heavy atom. The number of anilines is 2. The molecule has 1 aliphatic rings. The maximum atomic E-state index is 12.7. The first kappa shape index (κ1) is 18.5. The van der Waals surface area contributed by atoms with Crippen molar-refractivity contribution in [1.29, 1.82) is 0 Å². The predicted octanol–water partition coefficient (Wildman–Crippen LogP) is 3.44. The average Bonchev–Trinajstić information content (AvgIpc) is 2.62. The molecule has 140 valence electrons. The van der Waals surface area contributed by atoms with E-state index in [1.54, 1.807) is 24.4 Å². The topological polar surface area (TPSA) is 71.5 Å². The highest BCUT2D eigenvalue weighted by Crippen LogP contribution is 2.27. The van der Waals surface area contributed by atoms with Gasteiger partial charge in [0.2, 0.25) is 0 Å². The standard InChI is InChI=1S/C19H25N3O3S/c1-14-6-8-17(25-3)18(11-14)26(23,24)21-19-9-7-16(12-20-19)22-10-4-5-15(2)13-22/h6-9,11-12,15H,4-5,10,13H2,1-3H3,(H,20,21). The lowest BCUT2D eigenvalue weighted by molar-refractivity contribution is 0.402. The number of aromatic nitrogens is 1. The van der Waals surface area contributed by atoms with E-state index in [-0.39, 0.29) is 4.90 Å². The van der Waals surface area contributed by atoms with Crippen LogP contribution < -0.4 is 14.4 Å². The van der Waals surface area contributed by atoms with Crippen molar-refractivity contribution in [2.24, 2.45) is 5.92 Å². The molecule has 26 heavy (non-hydrogen) atoms. The SMILES string of the molecule is COc1ccc(C)cc1S(=O)(=O)Nc1ccc(N2CCCC(C)C2)cn1. The molecular formula is C19H25N3O3S. The molecule has 0 radical (unpaired) electrons. The number of pyridine rings is 1. The summed E-state index contributed by atoms with van der Waals surface area (Å²) in [5.41, 5.74) is 1.86. The van der Waals surface area contributed by atoms with Crippen molar-refractivity contribution in [3.05, 3.63) is 42.1 Å². The molecule has 3 rings (SSSR count). The molecule has 1 fully saturated rings. The molecule has 1 aromatic carbocycles. The number of piperidine rings is 1. The quantitative estimate of drug-likeness (QED) is 0.867. The van der Waals surface area contributed by atoms with Gasteiger partial charge in [-0.15, -0.1) is 0 Å². The van der Waals surface area contributed by atoms with Gasteiger partial charge in [0.1, 0.15) is 16.5 Å². The number of methoxy groups -OCH3 is 1. The van der Waals surface area contributed by atoms with E-state index < -0.39 is 10.0 Å². The third-order valence-corrected chi connectivity index (χ3v) is 5.99. The van der Waals surface area contributed by atoms with Crippen molar-refractivity contribution in [1.82, 2.24) is 4.98 Å². The maximum Gasteiger partial charge on any atom is 0.266 e. The van der Waals surface area contributed by atoms with Crippen molar-refractivity contribution in [2.45, 2.75) is 31.6 Å². The molecule has 2 aromatic rings. The van der Waals surface area contributed by atoms with E-state index in [4.69, 9.17) is 4.74 Å². The zero-order valence-electron chi connectivity index (χ0n) is 15.4. The molecule has 1 unspecified atom stereocenters. The van der Waals surface area contributed by atoms with Gasteiger partial charge in [0.25, 0.3) is 10.0 Å². The van der Waals surface area contributed by atoms with Gasteiger partial charge in [-0.2, -0.15) is 0 Å². The summed E-state index contributed by atoms with van der Waals surface area (Å²) in [4.78, 5) is 6.70. The monoisotopic (exact) mass is 375 g/mol. The van der Waals surface area contributed by atoms with Crippen LogP contribution in [0.5, 0.6) is 5.75 Å². The first-order valence-electron chi connectivity index (χ1n) is 8.77. The van der Waals surface area contributed by atoms with E-state index in [0.717, 1.165) is 24.3 Å². The van der Waals surface area contributed by atoms with Crippen LogP contribution in [0.25, 0.3) is 0 Å². The van der Waals surface area contributed by atoms with E-state index >= 15 is 0 Å². The average molecular weight is 375 g/mol. The van der Waals surface area contributed by atoms with Crippen molar-refractivity contribution >= 4 is 21.5 Å². The van der Waals surface area contributed by atoms with Gasteiger partial charge in [0.15, 0.2) is 0 Å². The minimum atomic E-state index is -3.78. The number of sulfonamides is 1. The predicted molar refractivity (Wildman–Crippen MR) is 103 cm³/mol. The minimum Gasteiger partial charge on any atom is -0.495 e. The Bertz CT molecular complexity index is 866. The molecular weight excluding hydrogens is 350 g/mol. The molecule has 0 amide bonds. The molecule has 0 bridgehead atoms. The second-order valence-electron chi connectivity index (χ2n) is 6.85. The summed E-state index contributed by atoms with van der Waals surface area (Å²) in [5, 5.41) is 0. The van der Waals surface area contributed by atoms with Crippen molar-refractivity contribution in [3.8, 4) is 5.75 Å². The fourth-order valence-corrected chi connectivity index (χ4v) is 4.51. The number of benzene rings is 1. The van der Waals surface area contributed by atoms with E-state index in [1.165, 1.54) is 20.0 Å². The van der Waals surface area contributed by atoms with E-state index in [2.05, 4.69) is 21.5 Å². The minimum absolute atomic E-state index is 0.107. The van der Waals surface area contributed by atoms with Crippen molar-refractivity contribution < 1.29 is 13.2 Å². The number of ether oxygens (including phenoxy) is 1. The zero-order chi connectivity index (χ0) is 18.7. The molecule has 7 heteroatoms. The molecule has 1 N–H and O–H groups in total. The Hall–Kier alpha value is -2.28. The highest BCUT2D eigenvalue weighted by atomic mass is 32.2. The first-order valence-corrected chi connectivity index (χ1v) is 10.3. The van der Waals surface area contributed by atoms with Gasteiger partial charge in [-0.1, -0.05) is 13.0 Å². The number of hydrogen-bond acceptors (Lipinski definition) is 5. The third kappa shape index (κ3) is 4.09. The molecule has 1 aliphatic heterocycles. The molecule has 1 aromatic heterocycles. The van der Waals surface area contributed by atoms with Crippen LogP contribution in [0.4, 0.5) is 11.5 Å². The largest absolute Gasteiger partial charge is 0.495 e. The molecule has 6 nitrogen and oxygen atoms in total. The Morgan fingerprint density at radius 3 is 2.73 bits per heavy atom. The summed E-state index contributed by atoms with van der Waals surface area (Å²) in [7, 11) is -2.32. The lowest BCUT2D eigenvalue weighted by Crippen LogP contribution is -2.34. The van der Waals surface area contributed by atoms with Gasteiger partial charge in [0.05, 0.1) is 19.0 Å². The molecule has 2 heterocycles. The molecule has 0 saturated carbocycles. The number of nitrogens with zero attached hydrogens (tertiary/aromatic N) is 2. The van der Waals surface area contributed by atoms with Gasteiger partial charge < -0.3 is 9.64 Å². The van der Waals surface area contributed by atoms with E-state index in [0.29, 0.717) is 17.5 Å². The number of nitrogens with one attached hydrogen (secondary N) is 1. The summed E-state index contributed by atoms with van der Waals surface area (Å²) in [6.45, 7) is 6.10. The van der Waals surface area contributed by atoms with Gasteiger partial charge in [-0.25, -0.2) is 13.4 Å². The van der Waals surface area contributed by atoms with Gasteiger partial charge in [-0.05, 0) is 55.5 Å². The van der Waals surface area contributed by atoms with Crippen LogP contribution in [-0.2, 0) is 10.0 Å². The van der Waals surface area contributed by atoms with Crippen LogP contribution in [0.1, 0.15) is 25.3 Å². The molecule has 1 atom stereocenters. The highest BCUT2D eigenvalue weighted by molar-refractivity contribution is 7.92. The van der Waals surface area contributed by atoms with Crippen LogP contribution in [0, 0.1) is 12.8 Å². The lowest BCUT2D eigenvalue weighted by atomic mass is 10.00. The van der Waals surface area contributed by atoms with Crippen LogP contribution >= 0.6 is 0 Å². The Balaban J connectivity index is 1.79. The lowest BCUT2D eigenvalue weighted by Gasteiger charge is -2.32. The smallest absolute Gasteiger partial charge is 0.266 e. The Morgan fingerprint density at radius 1 is 1.27 bits per heavy atom. The molecule has 0 spiro atoms. The first-order chi connectivity index (χ1) is 12.4. The summed E-state index contributed by atoms with van der Waals surface area (Å²) in [5.74, 6) is 1.26. The molecule has 0 aliphatic carbocycles. The Labute approximate surface area is 155 Å².